The van der Waals surface area contributed by atoms with Crippen molar-refractivity contribution >= 4 is 21.9 Å². The summed E-state index contributed by atoms with van der Waals surface area (Å²) >= 11 is 0. The van der Waals surface area contributed by atoms with Crippen molar-refractivity contribution in [3.8, 4) is 0 Å². The van der Waals surface area contributed by atoms with Crippen molar-refractivity contribution in [2.75, 3.05) is 11.4 Å². The van der Waals surface area contributed by atoms with Crippen LogP contribution in [0.2, 0.25) is 0 Å². The number of hydrogen-bond donors (Lipinski definition) is 2. The first-order chi connectivity index (χ1) is 6.02. The monoisotopic (exact) mass is 201 g/mol. The molecule has 1 aliphatic heterocycles. The summed E-state index contributed by atoms with van der Waals surface area (Å²) in [6.07, 6.45) is 1.43. The van der Waals surface area contributed by atoms with Crippen LogP contribution in [0, 0.1) is 0 Å². The Labute approximate surface area is 74.4 Å². The smallest absolute Gasteiger partial charge is 0.347 e. The highest BCUT2D eigenvalue weighted by atomic mass is 32.2. The lowest BCUT2D eigenvalue weighted by atomic mass is 10.3. The standard InChI is InChI=1S/C5H7N5O2S/c1-10-5-3(2-7-8-5)4(6)9-13(10,11)12/h2H,1H3,(H2,6,9)(H,7,8). The highest BCUT2D eigenvalue weighted by molar-refractivity contribution is 7.91. The molecule has 0 fully saturated rings. The number of amidine groups is 1. The maximum Gasteiger partial charge on any atom is 0.347 e. The van der Waals surface area contributed by atoms with Crippen molar-refractivity contribution in [3.05, 3.63) is 11.8 Å². The van der Waals surface area contributed by atoms with Crippen LogP contribution in [0.1, 0.15) is 5.56 Å². The predicted molar refractivity (Wildman–Crippen MR) is 46.6 cm³/mol. The van der Waals surface area contributed by atoms with Gasteiger partial charge in [0.05, 0.1) is 11.8 Å². The number of nitrogens with two attached hydrogens (primary N) is 1. The summed E-state index contributed by atoms with van der Waals surface area (Å²) in [5, 5.41) is 6.21. The largest absolute Gasteiger partial charge is 0.382 e. The maximum atomic E-state index is 11.3. The summed E-state index contributed by atoms with van der Waals surface area (Å²) < 4.78 is 26.9. The van der Waals surface area contributed by atoms with Gasteiger partial charge in [0, 0.05) is 7.05 Å². The molecular weight excluding hydrogens is 194 g/mol. The molecule has 70 valence electrons. The molecule has 0 bridgehead atoms. The van der Waals surface area contributed by atoms with E-state index in [9.17, 15) is 8.42 Å². The second-order valence-corrected chi connectivity index (χ2v) is 4.18. The Bertz CT molecular complexity index is 473. The maximum absolute atomic E-state index is 11.3. The van der Waals surface area contributed by atoms with Gasteiger partial charge in [0.25, 0.3) is 0 Å². The van der Waals surface area contributed by atoms with E-state index in [2.05, 4.69) is 14.6 Å². The van der Waals surface area contributed by atoms with Gasteiger partial charge in [-0.25, -0.2) is 4.31 Å². The summed E-state index contributed by atoms with van der Waals surface area (Å²) in [6, 6.07) is 0. The van der Waals surface area contributed by atoms with E-state index in [0.29, 0.717) is 11.4 Å². The molecule has 0 amide bonds. The highest BCUT2D eigenvalue weighted by Crippen LogP contribution is 2.23. The quantitative estimate of drug-likeness (QED) is 0.550. The molecule has 0 aliphatic carbocycles. The van der Waals surface area contributed by atoms with Gasteiger partial charge in [-0.1, -0.05) is 0 Å². The zero-order valence-electron chi connectivity index (χ0n) is 6.72. The summed E-state index contributed by atoms with van der Waals surface area (Å²) in [4.78, 5) is 0. The van der Waals surface area contributed by atoms with Gasteiger partial charge in [-0.3, -0.25) is 5.10 Å². The molecule has 2 rings (SSSR count). The molecule has 3 N–H and O–H groups in total. The van der Waals surface area contributed by atoms with Crippen LogP contribution < -0.4 is 10.0 Å². The van der Waals surface area contributed by atoms with Crippen LogP contribution in [-0.4, -0.2) is 31.5 Å². The fourth-order valence-corrected chi connectivity index (χ4v) is 1.90. The highest BCUT2D eigenvalue weighted by Gasteiger charge is 2.28. The van der Waals surface area contributed by atoms with Gasteiger partial charge in [0.2, 0.25) is 0 Å². The first-order valence-corrected chi connectivity index (χ1v) is 4.80. The summed E-state index contributed by atoms with van der Waals surface area (Å²) in [7, 11) is -2.29. The lowest BCUT2D eigenvalue weighted by Gasteiger charge is -2.19. The third kappa shape index (κ3) is 0.985. The zero-order valence-corrected chi connectivity index (χ0v) is 7.54. The second kappa shape index (κ2) is 2.22. The third-order valence-electron chi connectivity index (χ3n) is 1.77. The summed E-state index contributed by atoms with van der Waals surface area (Å²) in [5.74, 6) is 0.300. The molecule has 0 aromatic carbocycles. The van der Waals surface area contributed by atoms with E-state index in [4.69, 9.17) is 5.73 Å². The lowest BCUT2D eigenvalue weighted by molar-refractivity contribution is 0.595. The number of aromatic nitrogens is 2. The Morgan fingerprint density at radius 1 is 1.62 bits per heavy atom. The van der Waals surface area contributed by atoms with Crippen LogP contribution in [0.4, 0.5) is 5.82 Å². The molecule has 2 heterocycles. The summed E-state index contributed by atoms with van der Waals surface area (Å²) in [6.45, 7) is 0. The van der Waals surface area contributed by atoms with Gasteiger partial charge in [-0.2, -0.15) is 13.5 Å². The van der Waals surface area contributed by atoms with Gasteiger partial charge < -0.3 is 5.73 Å². The molecule has 1 aromatic rings. The van der Waals surface area contributed by atoms with E-state index in [1.165, 1.54) is 13.2 Å². The van der Waals surface area contributed by atoms with Crippen molar-refractivity contribution in [1.29, 1.82) is 0 Å². The lowest BCUT2D eigenvalue weighted by Crippen LogP contribution is -2.33. The van der Waals surface area contributed by atoms with Gasteiger partial charge in [0.1, 0.15) is 5.82 Å². The number of nitrogens with zero attached hydrogens (tertiary/aromatic N) is 3. The molecule has 13 heavy (non-hydrogen) atoms. The molecule has 7 nitrogen and oxygen atoms in total. The third-order valence-corrected chi connectivity index (χ3v) is 3.07. The molecule has 0 atom stereocenters. The number of anilines is 1. The first kappa shape index (κ1) is 8.05. The molecule has 8 heteroatoms. The van der Waals surface area contributed by atoms with Crippen LogP contribution in [0.5, 0.6) is 0 Å². The number of H-pyrrole nitrogens is 1. The fraction of sp³-hybridized carbons (Fsp3) is 0.200. The molecule has 0 radical (unpaired) electrons. The fourth-order valence-electron chi connectivity index (χ4n) is 1.06. The Kier molecular flexibility index (Phi) is 1.38. The van der Waals surface area contributed by atoms with Crippen molar-refractivity contribution in [1.82, 2.24) is 10.2 Å². The van der Waals surface area contributed by atoms with Crippen molar-refractivity contribution in [2.45, 2.75) is 0 Å². The number of fused-ring (bicyclic) bond motifs is 1. The molecule has 0 unspecified atom stereocenters. The molecule has 1 aliphatic rings. The van der Waals surface area contributed by atoms with Crippen LogP contribution in [0.15, 0.2) is 10.6 Å². The van der Waals surface area contributed by atoms with Crippen molar-refractivity contribution in [2.24, 2.45) is 10.1 Å². The first-order valence-electron chi connectivity index (χ1n) is 3.40. The number of rotatable bonds is 0. The Balaban J connectivity index is 2.74. The molecule has 0 spiro atoms. The van der Waals surface area contributed by atoms with E-state index >= 15 is 0 Å². The van der Waals surface area contributed by atoms with Crippen LogP contribution in [-0.2, 0) is 10.2 Å². The van der Waals surface area contributed by atoms with Crippen molar-refractivity contribution in [3.63, 3.8) is 0 Å². The van der Waals surface area contributed by atoms with Crippen molar-refractivity contribution < 1.29 is 8.42 Å². The number of nitrogens with one attached hydrogen (secondary N) is 1. The van der Waals surface area contributed by atoms with Gasteiger partial charge in [-0.15, -0.1) is 4.40 Å². The van der Waals surface area contributed by atoms with E-state index in [0.717, 1.165) is 4.31 Å². The Morgan fingerprint density at radius 3 is 3.00 bits per heavy atom. The van der Waals surface area contributed by atoms with Gasteiger partial charge in [0.15, 0.2) is 5.84 Å². The molecule has 1 aromatic heterocycles. The van der Waals surface area contributed by atoms with E-state index in [1.54, 1.807) is 0 Å². The minimum atomic E-state index is -3.67. The minimum absolute atomic E-state index is 0.0400. The van der Waals surface area contributed by atoms with Crippen LogP contribution in [0.25, 0.3) is 0 Å². The molecule has 0 saturated heterocycles. The Morgan fingerprint density at radius 2 is 2.31 bits per heavy atom. The van der Waals surface area contributed by atoms with E-state index in [-0.39, 0.29) is 5.84 Å². The van der Waals surface area contributed by atoms with Gasteiger partial charge >= 0.3 is 10.2 Å². The average molecular weight is 201 g/mol. The Hall–Kier alpha value is -1.57. The van der Waals surface area contributed by atoms with Crippen LogP contribution >= 0.6 is 0 Å². The topological polar surface area (TPSA) is 104 Å². The SMILES string of the molecule is CN1c2[nH]ncc2C(N)=NS1(=O)=O. The number of aromatic amines is 1. The van der Waals surface area contributed by atoms with Gasteiger partial charge in [-0.05, 0) is 0 Å². The number of hydrogen-bond acceptors (Lipinski definition) is 4. The van der Waals surface area contributed by atoms with E-state index < -0.39 is 10.2 Å². The second-order valence-electron chi connectivity index (χ2n) is 2.55. The summed E-state index contributed by atoms with van der Waals surface area (Å²) in [5.41, 5.74) is 5.91. The normalized spacial score (nSPS) is 19.5. The zero-order chi connectivity index (χ0) is 9.64. The van der Waals surface area contributed by atoms with Crippen LogP contribution in [0.3, 0.4) is 0 Å². The molecule has 0 saturated carbocycles. The predicted octanol–water partition coefficient (Wildman–Crippen LogP) is -1.19. The molecular formula is C5H7N5O2S. The average Bonchev–Trinajstić information content (AvgIpc) is 2.47. The van der Waals surface area contributed by atoms with E-state index in [1.807, 2.05) is 0 Å². The minimum Gasteiger partial charge on any atom is -0.382 e.